The van der Waals surface area contributed by atoms with E-state index in [4.69, 9.17) is 28.9 Å². The van der Waals surface area contributed by atoms with E-state index in [1.165, 1.54) is 12.8 Å². The summed E-state index contributed by atoms with van der Waals surface area (Å²) in [5.74, 6) is 1.22. The van der Waals surface area contributed by atoms with Crippen LogP contribution in [0.3, 0.4) is 0 Å². The molecule has 0 spiro atoms. The second kappa shape index (κ2) is 5.40. The van der Waals surface area contributed by atoms with Gasteiger partial charge in [0.05, 0.1) is 0 Å². The predicted octanol–water partition coefficient (Wildman–Crippen LogP) is 4.69. The fourth-order valence-electron chi connectivity index (χ4n) is 3.07. The van der Waals surface area contributed by atoms with E-state index in [1.54, 1.807) is 6.07 Å². The van der Waals surface area contributed by atoms with Gasteiger partial charge < -0.3 is 5.73 Å². The van der Waals surface area contributed by atoms with Crippen molar-refractivity contribution in [2.24, 2.45) is 17.6 Å². The third kappa shape index (κ3) is 2.84. The van der Waals surface area contributed by atoms with Crippen LogP contribution in [0.1, 0.15) is 38.7 Å². The van der Waals surface area contributed by atoms with Gasteiger partial charge in [-0.05, 0) is 42.4 Å². The Balaban J connectivity index is 2.21. The van der Waals surface area contributed by atoms with Crippen LogP contribution < -0.4 is 5.73 Å². The highest BCUT2D eigenvalue weighted by molar-refractivity contribution is 6.35. The van der Waals surface area contributed by atoms with Crippen molar-refractivity contribution >= 4 is 23.2 Å². The molecule has 1 nitrogen and oxygen atoms in total. The van der Waals surface area contributed by atoms with Crippen LogP contribution in [-0.2, 0) is 6.42 Å². The fourth-order valence-corrected chi connectivity index (χ4v) is 3.54. The molecule has 0 heterocycles. The van der Waals surface area contributed by atoms with E-state index < -0.39 is 0 Å². The molecule has 3 heteroatoms. The van der Waals surface area contributed by atoms with E-state index in [2.05, 4.69) is 13.8 Å². The van der Waals surface area contributed by atoms with Gasteiger partial charge in [0.25, 0.3) is 0 Å². The zero-order valence-corrected chi connectivity index (χ0v) is 12.6. The number of halogens is 2. The lowest BCUT2D eigenvalue weighted by molar-refractivity contribution is 0.143. The van der Waals surface area contributed by atoms with E-state index in [-0.39, 0.29) is 5.54 Å². The van der Waals surface area contributed by atoms with Gasteiger partial charge in [-0.1, -0.05) is 56.0 Å². The molecule has 0 saturated heterocycles. The third-order valence-electron chi connectivity index (χ3n) is 4.60. The third-order valence-corrected chi connectivity index (χ3v) is 5.18. The summed E-state index contributed by atoms with van der Waals surface area (Å²) >= 11 is 12.2. The minimum absolute atomic E-state index is 0.130. The molecule has 1 aliphatic carbocycles. The van der Waals surface area contributed by atoms with Crippen molar-refractivity contribution in [3.63, 3.8) is 0 Å². The summed E-state index contributed by atoms with van der Waals surface area (Å²) in [5, 5.41) is 1.41. The van der Waals surface area contributed by atoms with E-state index in [9.17, 15) is 0 Å². The first-order chi connectivity index (χ1) is 8.42. The molecule has 1 aromatic rings. The zero-order valence-electron chi connectivity index (χ0n) is 11.0. The van der Waals surface area contributed by atoms with Crippen LogP contribution in [-0.4, -0.2) is 5.54 Å². The maximum absolute atomic E-state index is 6.64. The van der Waals surface area contributed by atoms with Gasteiger partial charge in [0, 0.05) is 15.6 Å². The lowest BCUT2D eigenvalue weighted by Crippen LogP contribution is -2.52. The second-order valence-corrected chi connectivity index (χ2v) is 6.65. The molecule has 0 amide bonds. The second-order valence-electron chi connectivity index (χ2n) is 5.80. The maximum Gasteiger partial charge on any atom is 0.0453 e. The lowest BCUT2D eigenvalue weighted by Gasteiger charge is -2.43. The van der Waals surface area contributed by atoms with Crippen molar-refractivity contribution in [2.45, 2.75) is 45.1 Å². The Bertz CT molecular complexity index is 433. The lowest BCUT2D eigenvalue weighted by atomic mass is 9.66. The highest BCUT2D eigenvalue weighted by Gasteiger charge is 2.38. The van der Waals surface area contributed by atoms with Crippen LogP contribution in [0, 0.1) is 11.8 Å². The average Bonchev–Trinajstić information content (AvgIpc) is 2.30. The number of hydrogen-bond donors (Lipinski definition) is 1. The Hall–Kier alpha value is -0.240. The van der Waals surface area contributed by atoms with Crippen molar-refractivity contribution < 1.29 is 0 Å². The van der Waals surface area contributed by atoms with Crippen LogP contribution >= 0.6 is 23.2 Å². The first-order valence-corrected chi connectivity index (χ1v) is 7.41. The van der Waals surface area contributed by atoms with Crippen LogP contribution in [0.5, 0.6) is 0 Å². The van der Waals surface area contributed by atoms with E-state index >= 15 is 0 Å². The molecule has 1 aliphatic rings. The van der Waals surface area contributed by atoms with Gasteiger partial charge in [0.1, 0.15) is 0 Å². The Morgan fingerprint density at radius 3 is 2.72 bits per heavy atom. The summed E-state index contributed by atoms with van der Waals surface area (Å²) in [6.07, 6.45) is 4.42. The molecule has 0 aliphatic heterocycles. The SMILES string of the molecule is CC1CCCC(N)(Cc2ccc(Cl)cc2Cl)C1C. The van der Waals surface area contributed by atoms with Crippen LogP contribution in [0.25, 0.3) is 0 Å². The van der Waals surface area contributed by atoms with Crippen LogP contribution in [0.15, 0.2) is 18.2 Å². The number of nitrogens with two attached hydrogens (primary N) is 1. The fraction of sp³-hybridized carbons (Fsp3) is 0.600. The smallest absolute Gasteiger partial charge is 0.0453 e. The van der Waals surface area contributed by atoms with Crippen molar-refractivity contribution in [1.82, 2.24) is 0 Å². The minimum Gasteiger partial charge on any atom is -0.325 e. The molecule has 0 radical (unpaired) electrons. The Kier molecular flexibility index (Phi) is 4.25. The molecule has 18 heavy (non-hydrogen) atoms. The Morgan fingerprint density at radius 1 is 1.33 bits per heavy atom. The van der Waals surface area contributed by atoms with Gasteiger partial charge in [-0.2, -0.15) is 0 Å². The van der Waals surface area contributed by atoms with Crippen molar-refractivity contribution in [2.75, 3.05) is 0 Å². The Labute approximate surface area is 120 Å². The number of rotatable bonds is 2. The minimum atomic E-state index is -0.130. The van der Waals surface area contributed by atoms with Crippen LogP contribution in [0.4, 0.5) is 0 Å². The Morgan fingerprint density at radius 2 is 2.06 bits per heavy atom. The first-order valence-electron chi connectivity index (χ1n) is 6.65. The normalized spacial score (nSPS) is 32.5. The molecule has 0 aromatic heterocycles. The summed E-state index contributed by atoms with van der Waals surface area (Å²) in [6.45, 7) is 4.57. The van der Waals surface area contributed by atoms with Gasteiger partial charge >= 0.3 is 0 Å². The summed E-state index contributed by atoms with van der Waals surface area (Å²) in [7, 11) is 0. The molecule has 3 unspecified atom stereocenters. The standard InChI is InChI=1S/C15H21Cl2N/c1-10-4-3-7-15(18,11(10)2)9-12-5-6-13(16)8-14(12)17/h5-6,8,10-11H,3-4,7,9,18H2,1-2H3. The summed E-state index contributed by atoms with van der Waals surface area (Å²) < 4.78 is 0. The summed E-state index contributed by atoms with van der Waals surface area (Å²) in [5.41, 5.74) is 7.63. The highest BCUT2D eigenvalue weighted by Crippen LogP contribution is 2.39. The van der Waals surface area contributed by atoms with Crippen LogP contribution in [0.2, 0.25) is 10.0 Å². The first kappa shape index (κ1) is 14.2. The van der Waals surface area contributed by atoms with Gasteiger partial charge in [-0.3, -0.25) is 0 Å². The molecule has 3 atom stereocenters. The summed E-state index contributed by atoms with van der Waals surface area (Å²) in [6, 6.07) is 5.70. The van der Waals surface area contributed by atoms with E-state index in [1.807, 2.05) is 12.1 Å². The molecule has 100 valence electrons. The molecular formula is C15H21Cl2N. The zero-order chi connectivity index (χ0) is 13.3. The molecule has 2 N–H and O–H groups in total. The average molecular weight is 286 g/mol. The van der Waals surface area contributed by atoms with Crippen molar-refractivity contribution in [1.29, 1.82) is 0 Å². The van der Waals surface area contributed by atoms with Gasteiger partial charge in [-0.15, -0.1) is 0 Å². The summed E-state index contributed by atoms with van der Waals surface area (Å²) in [4.78, 5) is 0. The number of benzene rings is 1. The number of hydrogen-bond acceptors (Lipinski definition) is 1. The molecular weight excluding hydrogens is 265 g/mol. The van der Waals surface area contributed by atoms with E-state index in [0.29, 0.717) is 16.9 Å². The molecule has 1 fully saturated rings. The largest absolute Gasteiger partial charge is 0.325 e. The molecule has 2 rings (SSSR count). The van der Waals surface area contributed by atoms with E-state index in [0.717, 1.165) is 23.4 Å². The monoisotopic (exact) mass is 285 g/mol. The van der Waals surface area contributed by atoms with Crippen molar-refractivity contribution in [3.05, 3.63) is 33.8 Å². The van der Waals surface area contributed by atoms with Crippen molar-refractivity contribution in [3.8, 4) is 0 Å². The maximum atomic E-state index is 6.64. The molecule has 1 aromatic carbocycles. The predicted molar refractivity (Wildman–Crippen MR) is 79.3 cm³/mol. The highest BCUT2D eigenvalue weighted by atomic mass is 35.5. The van der Waals surface area contributed by atoms with Gasteiger partial charge in [0.15, 0.2) is 0 Å². The molecule has 1 saturated carbocycles. The molecule has 0 bridgehead atoms. The topological polar surface area (TPSA) is 26.0 Å². The quantitative estimate of drug-likeness (QED) is 0.838. The van der Waals surface area contributed by atoms with Gasteiger partial charge in [-0.25, -0.2) is 0 Å². The van der Waals surface area contributed by atoms with Gasteiger partial charge in [0.2, 0.25) is 0 Å².